The minimum atomic E-state index is -0.194. The van der Waals surface area contributed by atoms with E-state index in [2.05, 4.69) is 5.10 Å². The van der Waals surface area contributed by atoms with Crippen molar-refractivity contribution in [2.24, 2.45) is 5.92 Å². The fourth-order valence-electron chi connectivity index (χ4n) is 3.16. The number of rotatable bonds is 3. The highest BCUT2D eigenvalue weighted by molar-refractivity contribution is 6.00. The van der Waals surface area contributed by atoms with Crippen LogP contribution in [0.5, 0.6) is 0 Å². The van der Waals surface area contributed by atoms with Crippen LogP contribution in [0.4, 0.5) is 5.69 Å². The van der Waals surface area contributed by atoms with Gasteiger partial charge in [-0.1, -0.05) is 0 Å². The molecule has 0 saturated carbocycles. The number of anilines is 1. The average molecular weight is 290 g/mol. The van der Waals surface area contributed by atoms with Gasteiger partial charge in [0.25, 0.3) is 0 Å². The average Bonchev–Trinajstić information content (AvgIpc) is 3.13. The predicted octanol–water partition coefficient (Wildman–Crippen LogP) is 1.27. The topological polar surface area (TPSA) is 58.4 Å². The number of likely N-dealkylation sites (tertiary alicyclic amines) is 1. The van der Waals surface area contributed by atoms with Crippen molar-refractivity contribution in [2.45, 2.75) is 39.2 Å². The van der Waals surface area contributed by atoms with Crippen LogP contribution >= 0.6 is 0 Å². The third-order valence-electron chi connectivity index (χ3n) is 4.40. The molecule has 114 valence electrons. The van der Waals surface area contributed by atoms with Crippen LogP contribution in [0.3, 0.4) is 0 Å². The van der Waals surface area contributed by atoms with Crippen LogP contribution in [0.15, 0.2) is 12.4 Å². The molecule has 2 amide bonds. The van der Waals surface area contributed by atoms with E-state index in [9.17, 15) is 9.59 Å². The maximum Gasteiger partial charge on any atom is 0.228 e. The van der Waals surface area contributed by atoms with Gasteiger partial charge in [0.15, 0.2) is 0 Å². The van der Waals surface area contributed by atoms with E-state index >= 15 is 0 Å². The van der Waals surface area contributed by atoms with Crippen molar-refractivity contribution < 1.29 is 9.59 Å². The molecule has 3 rings (SSSR count). The van der Waals surface area contributed by atoms with Gasteiger partial charge in [-0.05, 0) is 26.2 Å². The zero-order valence-electron chi connectivity index (χ0n) is 12.5. The van der Waals surface area contributed by atoms with Gasteiger partial charge in [-0.3, -0.25) is 14.3 Å². The Balaban J connectivity index is 1.67. The van der Waals surface area contributed by atoms with Gasteiger partial charge in [0.1, 0.15) is 0 Å². The molecular formula is C15H22N4O2. The number of hydrogen-bond donors (Lipinski definition) is 0. The molecule has 3 heterocycles. The molecule has 0 bridgehead atoms. The zero-order valence-corrected chi connectivity index (χ0v) is 12.5. The first-order valence-corrected chi connectivity index (χ1v) is 7.80. The van der Waals surface area contributed by atoms with Crippen molar-refractivity contribution in [3.63, 3.8) is 0 Å². The van der Waals surface area contributed by atoms with Crippen LogP contribution in [0.1, 0.15) is 32.6 Å². The zero-order chi connectivity index (χ0) is 14.8. The molecule has 6 nitrogen and oxygen atoms in total. The second-order valence-corrected chi connectivity index (χ2v) is 5.85. The van der Waals surface area contributed by atoms with Crippen molar-refractivity contribution in [3.05, 3.63) is 12.4 Å². The Morgan fingerprint density at radius 3 is 2.76 bits per heavy atom. The lowest BCUT2D eigenvalue weighted by molar-refractivity contribution is -0.136. The van der Waals surface area contributed by atoms with Gasteiger partial charge in [-0.25, -0.2) is 0 Å². The Kier molecular flexibility index (Phi) is 3.94. The Bertz CT molecular complexity index is 534. The van der Waals surface area contributed by atoms with Crippen molar-refractivity contribution in [1.29, 1.82) is 0 Å². The van der Waals surface area contributed by atoms with E-state index in [1.807, 2.05) is 18.0 Å². The van der Waals surface area contributed by atoms with E-state index in [-0.39, 0.29) is 17.7 Å². The highest BCUT2D eigenvalue weighted by atomic mass is 16.2. The second kappa shape index (κ2) is 5.87. The summed E-state index contributed by atoms with van der Waals surface area (Å²) in [5.41, 5.74) is 0.802. The van der Waals surface area contributed by atoms with Crippen LogP contribution in [-0.4, -0.2) is 46.1 Å². The monoisotopic (exact) mass is 290 g/mol. The van der Waals surface area contributed by atoms with Crippen molar-refractivity contribution in [1.82, 2.24) is 14.7 Å². The summed E-state index contributed by atoms with van der Waals surface area (Å²) in [6.07, 6.45) is 7.27. The SMILES string of the molecule is CCn1cc(N2CC(C(=O)N3CCCCC3)CC2=O)cn1. The van der Waals surface area contributed by atoms with Gasteiger partial charge in [0, 0.05) is 38.8 Å². The summed E-state index contributed by atoms with van der Waals surface area (Å²) < 4.78 is 1.79. The van der Waals surface area contributed by atoms with Gasteiger partial charge < -0.3 is 9.80 Å². The molecule has 1 atom stereocenters. The highest BCUT2D eigenvalue weighted by Crippen LogP contribution is 2.26. The third kappa shape index (κ3) is 2.80. The molecule has 0 radical (unpaired) electrons. The van der Waals surface area contributed by atoms with Crippen molar-refractivity contribution in [3.8, 4) is 0 Å². The van der Waals surface area contributed by atoms with Crippen LogP contribution in [0, 0.1) is 5.92 Å². The molecule has 2 aliphatic rings. The molecule has 1 aromatic rings. The molecule has 1 aromatic heterocycles. The third-order valence-corrected chi connectivity index (χ3v) is 4.40. The molecule has 1 unspecified atom stereocenters. The quantitative estimate of drug-likeness (QED) is 0.842. The molecule has 6 heteroatoms. The predicted molar refractivity (Wildman–Crippen MR) is 78.8 cm³/mol. The van der Waals surface area contributed by atoms with E-state index < -0.39 is 0 Å². The molecule has 2 saturated heterocycles. The first-order valence-electron chi connectivity index (χ1n) is 7.80. The van der Waals surface area contributed by atoms with E-state index in [4.69, 9.17) is 0 Å². The molecular weight excluding hydrogens is 268 g/mol. The number of carbonyl (C=O) groups excluding carboxylic acids is 2. The van der Waals surface area contributed by atoms with Gasteiger partial charge >= 0.3 is 0 Å². The fraction of sp³-hybridized carbons (Fsp3) is 0.667. The Morgan fingerprint density at radius 1 is 1.33 bits per heavy atom. The largest absolute Gasteiger partial charge is 0.342 e. The number of aryl methyl sites for hydroxylation is 1. The lowest BCUT2D eigenvalue weighted by atomic mass is 10.0. The maximum atomic E-state index is 12.5. The summed E-state index contributed by atoms with van der Waals surface area (Å²) >= 11 is 0. The maximum absolute atomic E-state index is 12.5. The first kappa shape index (κ1) is 14.1. The Labute approximate surface area is 124 Å². The second-order valence-electron chi connectivity index (χ2n) is 5.85. The molecule has 2 aliphatic heterocycles. The van der Waals surface area contributed by atoms with Gasteiger partial charge in [0.05, 0.1) is 17.8 Å². The van der Waals surface area contributed by atoms with E-state index in [0.717, 1.165) is 38.2 Å². The normalized spacial score (nSPS) is 22.9. The summed E-state index contributed by atoms with van der Waals surface area (Å²) in [5.74, 6) is -0.0185. The van der Waals surface area contributed by atoms with Crippen LogP contribution in [-0.2, 0) is 16.1 Å². The van der Waals surface area contributed by atoms with Crippen molar-refractivity contribution in [2.75, 3.05) is 24.5 Å². The van der Waals surface area contributed by atoms with Gasteiger partial charge in [-0.2, -0.15) is 5.10 Å². The van der Waals surface area contributed by atoms with Crippen LogP contribution in [0.2, 0.25) is 0 Å². The summed E-state index contributed by atoms with van der Waals surface area (Å²) in [4.78, 5) is 28.3. The first-order chi connectivity index (χ1) is 10.2. The molecule has 2 fully saturated rings. The van der Waals surface area contributed by atoms with Gasteiger partial charge in [0.2, 0.25) is 11.8 Å². The standard InChI is InChI=1S/C15H22N4O2/c1-2-18-11-13(9-16-18)19-10-12(8-14(19)20)15(21)17-6-4-3-5-7-17/h9,11-12H,2-8,10H2,1H3. The summed E-state index contributed by atoms with van der Waals surface area (Å²) in [6.45, 7) is 4.96. The number of aromatic nitrogens is 2. The lowest BCUT2D eigenvalue weighted by Gasteiger charge is -2.28. The van der Waals surface area contributed by atoms with E-state index in [1.165, 1.54) is 6.42 Å². The molecule has 0 aromatic carbocycles. The van der Waals surface area contributed by atoms with Gasteiger partial charge in [-0.15, -0.1) is 0 Å². The number of hydrogen-bond acceptors (Lipinski definition) is 3. The summed E-state index contributed by atoms with van der Waals surface area (Å²) in [5, 5.41) is 4.20. The highest BCUT2D eigenvalue weighted by Gasteiger charge is 2.37. The number of amides is 2. The lowest BCUT2D eigenvalue weighted by Crippen LogP contribution is -2.40. The van der Waals surface area contributed by atoms with Crippen LogP contribution < -0.4 is 4.90 Å². The summed E-state index contributed by atoms with van der Waals surface area (Å²) in [7, 11) is 0. The Morgan fingerprint density at radius 2 is 2.10 bits per heavy atom. The summed E-state index contributed by atoms with van der Waals surface area (Å²) in [6, 6.07) is 0. The smallest absolute Gasteiger partial charge is 0.228 e. The number of carbonyl (C=O) groups is 2. The molecule has 0 aliphatic carbocycles. The van der Waals surface area contributed by atoms with Crippen LogP contribution in [0.25, 0.3) is 0 Å². The number of nitrogens with zero attached hydrogens (tertiary/aromatic N) is 4. The molecule has 0 N–H and O–H groups in total. The molecule has 0 spiro atoms. The van der Waals surface area contributed by atoms with Crippen molar-refractivity contribution >= 4 is 17.5 Å². The molecule has 21 heavy (non-hydrogen) atoms. The Hall–Kier alpha value is -1.85. The van der Waals surface area contributed by atoms with E-state index in [0.29, 0.717) is 13.0 Å². The minimum absolute atomic E-state index is 0.0287. The number of piperidine rings is 1. The minimum Gasteiger partial charge on any atom is -0.342 e. The van der Waals surface area contributed by atoms with E-state index in [1.54, 1.807) is 15.8 Å². The fourth-order valence-corrected chi connectivity index (χ4v) is 3.16.